The molecule has 2 aromatic rings. The molecule has 0 bridgehead atoms. The second-order valence-electron chi connectivity index (χ2n) is 4.40. The number of halogens is 3. The molecule has 2 aromatic carbocycles. The van der Waals surface area contributed by atoms with E-state index < -0.39 is 12.3 Å². The van der Waals surface area contributed by atoms with Crippen molar-refractivity contribution < 1.29 is 27.4 Å². The molecule has 2 rings (SSSR count). The summed E-state index contributed by atoms with van der Waals surface area (Å²) in [5.74, 6) is -0.461. The minimum atomic E-state index is -4.78. The van der Waals surface area contributed by atoms with Crippen LogP contribution >= 0.6 is 0 Å². The highest BCUT2D eigenvalue weighted by molar-refractivity contribution is 5.75. The van der Waals surface area contributed by atoms with Gasteiger partial charge in [0.15, 0.2) is 0 Å². The fourth-order valence-electron chi connectivity index (χ4n) is 1.85. The number of hydrogen-bond acceptors (Lipinski definition) is 3. The predicted octanol–water partition coefficient (Wildman–Crippen LogP) is 4.57. The van der Waals surface area contributed by atoms with Crippen LogP contribution in [0.2, 0.25) is 0 Å². The zero-order valence-corrected chi connectivity index (χ0v) is 11.7. The molecule has 0 aromatic heterocycles. The molecule has 0 atom stereocenters. The Labute approximate surface area is 125 Å². The Morgan fingerprint density at radius 3 is 2.50 bits per heavy atom. The molecule has 116 valence electrons. The van der Waals surface area contributed by atoms with E-state index in [0.717, 1.165) is 0 Å². The number of rotatable bonds is 4. The summed E-state index contributed by atoms with van der Waals surface area (Å²) in [5, 5.41) is 0. The first kappa shape index (κ1) is 15.9. The summed E-state index contributed by atoms with van der Waals surface area (Å²) < 4.78 is 46.4. The molecule has 0 aliphatic heterocycles. The smallest absolute Gasteiger partial charge is 0.427 e. The van der Waals surface area contributed by atoms with Crippen LogP contribution in [0.1, 0.15) is 13.3 Å². The molecule has 0 amide bonds. The van der Waals surface area contributed by atoms with Crippen LogP contribution in [-0.2, 0) is 4.79 Å². The molecule has 0 N–H and O–H groups in total. The van der Waals surface area contributed by atoms with Crippen molar-refractivity contribution in [1.82, 2.24) is 0 Å². The Bertz CT molecular complexity index is 666. The summed E-state index contributed by atoms with van der Waals surface area (Å²) in [5.41, 5.74) is 0.718. The molecule has 0 saturated carbocycles. The van der Waals surface area contributed by atoms with Crippen LogP contribution in [0.3, 0.4) is 0 Å². The number of ether oxygens (including phenoxy) is 2. The summed E-state index contributed by atoms with van der Waals surface area (Å²) in [4.78, 5) is 11.3. The lowest BCUT2D eigenvalue weighted by Crippen LogP contribution is -2.17. The molecule has 6 heteroatoms. The average molecular weight is 310 g/mol. The Kier molecular flexibility index (Phi) is 4.70. The van der Waals surface area contributed by atoms with Gasteiger partial charge in [-0.2, -0.15) is 0 Å². The number of para-hydroxylation sites is 1. The first-order valence-electron chi connectivity index (χ1n) is 6.55. The SMILES string of the molecule is CCC(=O)Oc1cccc(-c2ccccc2OC(F)(F)F)c1. The van der Waals surface area contributed by atoms with E-state index in [2.05, 4.69) is 4.74 Å². The third-order valence-corrected chi connectivity index (χ3v) is 2.78. The maximum atomic E-state index is 12.4. The van der Waals surface area contributed by atoms with Crippen LogP contribution < -0.4 is 9.47 Å². The molecule has 0 fully saturated rings. The molecular formula is C16H13F3O3. The lowest BCUT2D eigenvalue weighted by atomic mass is 10.0. The average Bonchev–Trinajstić information content (AvgIpc) is 2.46. The number of benzene rings is 2. The quantitative estimate of drug-likeness (QED) is 0.613. The van der Waals surface area contributed by atoms with E-state index in [1.54, 1.807) is 31.2 Å². The van der Waals surface area contributed by atoms with Gasteiger partial charge in [-0.15, -0.1) is 13.2 Å². The highest BCUT2D eigenvalue weighted by Crippen LogP contribution is 2.34. The first-order valence-corrected chi connectivity index (χ1v) is 6.55. The van der Waals surface area contributed by atoms with Crippen LogP contribution in [-0.4, -0.2) is 12.3 Å². The van der Waals surface area contributed by atoms with Gasteiger partial charge in [0, 0.05) is 12.0 Å². The van der Waals surface area contributed by atoms with E-state index in [-0.39, 0.29) is 23.5 Å². The second-order valence-corrected chi connectivity index (χ2v) is 4.40. The lowest BCUT2D eigenvalue weighted by Gasteiger charge is -2.13. The van der Waals surface area contributed by atoms with Crippen molar-refractivity contribution in [2.75, 3.05) is 0 Å². The van der Waals surface area contributed by atoms with Gasteiger partial charge >= 0.3 is 12.3 Å². The van der Waals surface area contributed by atoms with Crippen molar-refractivity contribution in [1.29, 1.82) is 0 Å². The standard InChI is InChI=1S/C16H13F3O3/c1-2-15(20)21-12-7-5-6-11(10-12)13-8-3-4-9-14(13)22-16(17,18)19/h3-10H,2H2,1H3. The fraction of sp³-hybridized carbons (Fsp3) is 0.188. The summed E-state index contributed by atoms with van der Waals surface area (Å²) in [6.45, 7) is 1.65. The Morgan fingerprint density at radius 2 is 1.82 bits per heavy atom. The molecule has 0 aliphatic rings. The van der Waals surface area contributed by atoms with Crippen molar-refractivity contribution in [2.45, 2.75) is 19.7 Å². The summed E-state index contributed by atoms with van der Waals surface area (Å²) >= 11 is 0. The van der Waals surface area contributed by atoms with Gasteiger partial charge in [0.2, 0.25) is 0 Å². The Balaban J connectivity index is 2.36. The first-order chi connectivity index (χ1) is 10.4. The van der Waals surface area contributed by atoms with Crippen LogP contribution in [0, 0.1) is 0 Å². The molecule has 3 nitrogen and oxygen atoms in total. The molecular weight excluding hydrogens is 297 g/mol. The molecule has 0 unspecified atom stereocenters. The van der Waals surface area contributed by atoms with Crippen molar-refractivity contribution in [3.8, 4) is 22.6 Å². The van der Waals surface area contributed by atoms with E-state index in [1.807, 2.05) is 0 Å². The van der Waals surface area contributed by atoms with Gasteiger partial charge in [-0.3, -0.25) is 4.79 Å². The van der Waals surface area contributed by atoms with E-state index >= 15 is 0 Å². The van der Waals surface area contributed by atoms with E-state index in [1.165, 1.54) is 24.3 Å². The van der Waals surface area contributed by atoms with Crippen molar-refractivity contribution in [3.05, 3.63) is 48.5 Å². The van der Waals surface area contributed by atoms with Gasteiger partial charge in [0.25, 0.3) is 0 Å². The topological polar surface area (TPSA) is 35.5 Å². The highest BCUT2D eigenvalue weighted by Gasteiger charge is 2.32. The van der Waals surface area contributed by atoms with Crippen molar-refractivity contribution in [3.63, 3.8) is 0 Å². The van der Waals surface area contributed by atoms with Gasteiger partial charge in [0.05, 0.1) is 0 Å². The molecule has 0 saturated heterocycles. The van der Waals surface area contributed by atoms with Gasteiger partial charge in [-0.25, -0.2) is 0 Å². The predicted molar refractivity (Wildman–Crippen MR) is 74.5 cm³/mol. The number of carbonyl (C=O) groups excluding carboxylic acids is 1. The van der Waals surface area contributed by atoms with E-state index in [9.17, 15) is 18.0 Å². The lowest BCUT2D eigenvalue weighted by molar-refractivity contribution is -0.274. The zero-order valence-electron chi connectivity index (χ0n) is 11.7. The number of hydrogen-bond donors (Lipinski definition) is 0. The highest BCUT2D eigenvalue weighted by atomic mass is 19.4. The third-order valence-electron chi connectivity index (χ3n) is 2.78. The number of alkyl halides is 3. The molecule has 0 heterocycles. The van der Waals surface area contributed by atoms with Gasteiger partial charge in [-0.05, 0) is 23.8 Å². The van der Waals surface area contributed by atoms with Crippen LogP contribution in [0.15, 0.2) is 48.5 Å². The second kappa shape index (κ2) is 6.51. The van der Waals surface area contributed by atoms with Gasteiger partial charge in [-0.1, -0.05) is 37.3 Å². The van der Waals surface area contributed by atoms with Crippen molar-refractivity contribution in [2.24, 2.45) is 0 Å². The summed E-state index contributed by atoms with van der Waals surface area (Å²) in [6, 6.07) is 12.0. The van der Waals surface area contributed by atoms with Crippen LogP contribution in [0.25, 0.3) is 11.1 Å². The van der Waals surface area contributed by atoms with Crippen LogP contribution in [0.5, 0.6) is 11.5 Å². The Morgan fingerprint density at radius 1 is 1.09 bits per heavy atom. The van der Waals surface area contributed by atoms with Gasteiger partial charge < -0.3 is 9.47 Å². The molecule has 0 spiro atoms. The molecule has 0 radical (unpaired) electrons. The maximum Gasteiger partial charge on any atom is 0.573 e. The largest absolute Gasteiger partial charge is 0.573 e. The summed E-state index contributed by atoms with van der Waals surface area (Å²) in [7, 11) is 0. The summed E-state index contributed by atoms with van der Waals surface area (Å²) in [6.07, 6.45) is -4.57. The minimum absolute atomic E-state index is 0.206. The fourth-order valence-corrected chi connectivity index (χ4v) is 1.85. The molecule has 0 aliphatic carbocycles. The van der Waals surface area contributed by atoms with E-state index in [4.69, 9.17) is 4.74 Å². The zero-order chi connectivity index (χ0) is 16.2. The molecule has 22 heavy (non-hydrogen) atoms. The maximum absolute atomic E-state index is 12.4. The monoisotopic (exact) mass is 310 g/mol. The minimum Gasteiger partial charge on any atom is -0.427 e. The van der Waals surface area contributed by atoms with E-state index in [0.29, 0.717) is 5.56 Å². The normalized spacial score (nSPS) is 11.1. The number of carbonyl (C=O) groups is 1. The van der Waals surface area contributed by atoms with Gasteiger partial charge in [0.1, 0.15) is 11.5 Å². The van der Waals surface area contributed by atoms with Crippen LogP contribution in [0.4, 0.5) is 13.2 Å². The van der Waals surface area contributed by atoms with Crippen molar-refractivity contribution >= 4 is 5.97 Å². The third kappa shape index (κ3) is 4.25. The Hall–Kier alpha value is -2.50. The number of esters is 1.